The molecule has 0 radical (unpaired) electrons. The van der Waals surface area contributed by atoms with Crippen LogP contribution in [0.5, 0.6) is 0 Å². The first-order chi connectivity index (χ1) is 16.1. The van der Waals surface area contributed by atoms with Crippen molar-refractivity contribution in [3.63, 3.8) is 0 Å². The van der Waals surface area contributed by atoms with Gasteiger partial charge in [0.2, 0.25) is 0 Å². The Morgan fingerprint density at radius 3 is 2.18 bits per heavy atom. The molecule has 0 fully saturated rings. The first-order valence-electron chi connectivity index (χ1n) is 11.3. The van der Waals surface area contributed by atoms with E-state index in [-0.39, 0.29) is 5.91 Å². The molecule has 174 valence electrons. The molecule has 0 unspecified atom stereocenters. The minimum Gasteiger partial charge on any atom is -0.465 e. The average molecular weight is 455 g/mol. The van der Waals surface area contributed by atoms with E-state index in [0.29, 0.717) is 16.8 Å². The SMILES string of the molecule is COC(=O)C1=C(C)N(c2cccc(C)c2)C(=O)/C1=C\c1cc(C)n(-c2c(C)cccc2C)c1C. The van der Waals surface area contributed by atoms with Gasteiger partial charge in [0, 0.05) is 22.8 Å². The second-order valence-corrected chi connectivity index (χ2v) is 8.89. The quantitative estimate of drug-likeness (QED) is 0.364. The fourth-order valence-corrected chi connectivity index (χ4v) is 4.85. The monoisotopic (exact) mass is 454 g/mol. The molecule has 1 aliphatic rings. The number of hydrogen-bond donors (Lipinski definition) is 0. The molecule has 0 bridgehead atoms. The van der Waals surface area contributed by atoms with E-state index in [0.717, 1.165) is 33.9 Å². The van der Waals surface area contributed by atoms with Gasteiger partial charge in [-0.3, -0.25) is 9.69 Å². The summed E-state index contributed by atoms with van der Waals surface area (Å²) < 4.78 is 7.28. The third-order valence-electron chi connectivity index (χ3n) is 6.48. The molecular formula is C29H30N2O3. The van der Waals surface area contributed by atoms with Crippen molar-refractivity contribution in [3.8, 4) is 5.69 Å². The van der Waals surface area contributed by atoms with Crippen LogP contribution in [0.2, 0.25) is 0 Å². The van der Waals surface area contributed by atoms with Crippen LogP contribution in [0.1, 0.15) is 40.6 Å². The Balaban J connectivity index is 1.89. The third-order valence-corrected chi connectivity index (χ3v) is 6.48. The number of carbonyl (C=O) groups is 2. The van der Waals surface area contributed by atoms with Crippen LogP contribution in [-0.4, -0.2) is 23.6 Å². The lowest BCUT2D eigenvalue weighted by Crippen LogP contribution is -2.24. The van der Waals surface area contributed by atoms with Crippen molar-refractivity contribution in [1.82, 2.24) is 4.57 Å². The largest absolute Gasteiger partial charge is 0.465 e. The minimum atomic E-state index is -0.518. The van der Waals surface area contributed by atoms with Crippen LogP contribution in [0.4, 0.5) is 5.69 Å². The lowest BCUT2D eigenvalue weighted by Gasteiger charge is -2.18. The van der Waals surface area contributed by atoms with Gasteiger partial charge in [-0.2, -0.15) is 0 Å². The second-order valence-electron chi connectivity index (χ2n) is 8.89. The number of para-hydroxylation sites is 1. The summed E-state index contributed by atoms with van der Waals surface area (Å²) in [7, 11) is 1.34. The van der Waals surface area contributed by atoms with Gasteiger partial charge in [-0.15, -0.1) is 0 Å². The van der Waals surface area contributed by atoms with Crippen LogP contribution >= 0.6 is 0 Å². The molecule has 0 spiro atoms. The van der Waals surface area contributed by atoms with E-state index >= 15 is 0 Å². The van der Waals surface area contributed by atoms with E-state index < -0.39 is 5.97 Å². The first-order valence-corrected chi connectivity index (χ1v) is 11.3. The lowest BCUT2D eigenvalue weighted by atomic mass is 10.0. The molecule has 5 heteroatoms. The van der Waals surface area contributed by atoms with E-state index in [4.69, 9.17) is 4.74 Å². The number of amides is 1. The normalized spacial score (nSPS) is 15.0. The van der Waals surface area contributed by atoms with Crippen LogP contribution in [0.15, 0.2) is 65.4 Å². The van der Waals surface area contributed by atoms with E-state index in [2.05, 4.69) is 49.6 Å². The van der Waals surface area contributed by atoms with Crippen molar-refractivity contribution in [2.45, 2.75) is 41.5 Å². The molecule has 2 aromatic carbocycles. The summed E-state index contributed by atoms with van der Waals surface area (Å²) in [6.07, 6.45) is 1.82. The highest BCUT2D eigenvalue weighted by Gasteiger charge is 2.38. The molecule has 0 aliphatic carbocycles. The minimum absolute atomic E-state index is 0.236. The topological polar surface area (TPSA) is 51.5 Å². The Labute approximate surface area is 201 Å². The van der Waals surface area contributed by atoms with Crippen LogP contribution in [0.25, 0.3) is 11.8 Å². The van der Waals surface area contributed by atoms with E-state index in [1.54, 1.807) is 11.8 Å². The van der Waals surface area contributed by atoms with Crippen molar-refractivity contribution >= 4 is 23.6 Å². The van der Waals surface area contributed by atoms with Crippen molar-refractivity contribution in [2.24, 2.45) is 0 Å². The molecule has 0 atom stereocenters. The van der Waals surface area contributed by atoms with Gasteiger partial charge < -0.3 is 9.30 Å². The number of esters is 1. The molecule has 1 amide bonds. The van der Waals surface area contributed by atoms with Crippen LogP contribution in [0, 0.1) is 34.6 Å². The highest BCUT2D eigenvalue weighted by molar-refractivity contribution is 6.23. The fourth-order valence-electron chi connectivity index (χ4n) is 4.85. The van der Waals surface area contributed by atoms with Gasteiger partial charge in [-0.25, -0.2) is 4.79 Å². The van der Waals surface area contributed by atoms with Crippen molar-refractivity contribution in [1.29, 1.82) is 0 Å². The zero-order chi connectivity index (χ0) is 24.7. The number of aromatic nitrogens is 1. The van der Waals surface area contributed by atoms with Crippen LogP contribution < -0.4 is 4.90 Å². The molecule has 0 saturated heterocycles. The van der Waals surface area contributed by atoms with Gasteiger partial charge in [0.15, 0.2) is 0 Å². The summed E-state index contributed by atoms with van der Waals surface area (Å²) in [4.78, 5) is 28.0. The standard InChI is InChI=1S/C29H30N2O3/c1-17-10-8-13-24(14-17)31-22(6)26(29(33)34-7)25(28(31)32)16-23-15-20(4)30(21(23)5)27-18(2)11-9-12-19(27)3/h8-16H,1-7H3/b25-16-. The van der Waals surface area contributed by atoms with Gasteiger partial charge in [0.25, 0.3) is 5.91 Å². The third kappa shape index (κ3) is 3.77. The summed E-state index contributed by atoms with van der Waals surface area (Å²) in [5, 5.41) is 0. The number of nitrogens with zero attached hydrogens (tertiary/aromatic N) is 2. The van der Waals surface area contributed by atoms with Crippen molar-refractivity contribution in [2.75, 3.05) is 12.0 Å². The Bertz CT molecular complexity index is 1370. The average Bonchev–Trinajstić information content (AvgIpc) is 3.20. The van der Waals surface area contributed by atoms with Crippen molar-refractivity contribution < 1.29 is 14.3 Å². The zero-order valence-electron chi connectivity index (χ0n) is 20.8. The maximum Gasteiger partial charge on any atom is 0.340 e. The Morgan fingerprint density at radius 1 is 0.912 bits per heavy atom. The summed E-state index contributed by atoms with van der Waals surface area (Å²) in [5.41, 5.74) is 9.42. The number of aryl methyl sites for hydroxylation is 4. The molecule has 34 heavy (non-hydrogen) atoms. The number of allylic oxidation sites excluding steroid dienone is 1. The maximum absolute atomic E-state index is 13.6. The Hall–Kier alpha value is -3.86. The molecular weight excluding hydrogens is 424 g/mol. The maximum atomic E-state index is 13.6. The summed E-state index contributed by atoms with van der Waals surface area (Å²) in [6, 6.07) is 16.0. The zero-order valence-corrected chi connectivity index (χ0v) is 20.8. The van der Waals surface area contributed by atoms with Crippen LogP contribution in [-0.2, 0) is 14.3 Å². The highest BCUT2D eigenvalue weighted by Crippen LogP contribution is 2.37. The summed E-state index contributed by atoms with van der Waals surface area (Å²) in [5.74, 6) is -0.754. The number of methoxy groups -OCH3 is 1. The molecule has 5 nitrogen and oxygen atoms in total. The molecule has 3 aromatic rings. The smallest absolute Gasteiger partial charge is 0.340 e. The van der Waals surface area contributed by atoms with E-state index in [9.17, 15) is 9.59 Å². The number of hydrogen-bond acceptors (Lipinski definition) is 3. The van der Waals surface area contributed by atoms with Crippen LogP contribution in [0.3, 0.4) is 0 Å². The molecule has 1 aromatic heterocycles. The predicted octanol–water partition coefficient (Wildman–Crippen LogP) is 5.90. The number of ether oxygens (including phenoxy) is 1. The number of carbonyl (C=O) groups excluding carboxylic acids is 2. The van der Waals surface area contributed by atoms with Gasteiger partial charge in [-0.05, 0) is 88.1 Å². The molecule has 0 N–H and O–H groups in total. The molecule has 0 saturated carbocycles. The summed E-state index contributed by atoms with van der Waals surface area (Å²) >= 11 is 0. The fraction of sp³-hybridized carbons (Fsp3) is 0.241. The molecule has 1 aliphatic heterocycles. The van der Waals surface area contributed by atoms with Gasteiger partial charge in [0.05, 0.1) is 23.9 Å². The number of rotatable bonds is 4. The second kappa shape index (κ2) is 8.82. The van der Waals surface area contributed by atoms with Crippen molar-refractivity contribution in [3.05, 3.63) is 99.0 Å². The summed E-state index contributed by atoms with van der Waals surface area (Å²) in [6.45, 7) is 12.1. The molecule has 2 heterocycles. The van der Waals surface area contributed by atoms with E-state index in [1.165, 1.54) is 18.2 Å². The van der Waals surface area contributed by atoms with Gasteiger partial charge in [0.1, 0.15) is 0 Å². The van der Waals surface area contributed by atoms with E-state index in [1.807, 2.05) is 44.2 Å². The van der Waals surface area contributed by atoms with Gasteiger partial charge in [-0.1, -0.05) is 30.3 Å². The molecule has 4 rings (SSSR count). The Kier molecular flexibility index (Phi) is 6.05. The Morgan fingerprint density at radius 2 is 1.56 bits per heavy atom. The lowest BCUT2D eigenvalue weighted by molar-refractivity contribution is -0.136. The number of benzene rings is 2. The first kappa shape index (κ1) is 23.3. The number of anilines is 1. The van der Waals surface area contributed by atoms with Gasteiger partial charge >= 0.3 is 5.97 Å². The predicted molar refractivity (Wildman–Crippen MR) is 136 cm³/mol. The highest BCUT2D eigenvalue weighted by atomic mass is 16.5.